The number of benzene rings is 2. The zero-order chi connectivity index (χ0) is 53.6. The maximum Gasteiger partial charge on any atom is 0.416 e. The Bertz CT molecular complexity index is 3010. The Balaban J connectivity index is 0.783. The highest BCUT2D eigenvalue weighted by Crippen LogP contribution is 2.42. The van der Waals surface area contributed by atoms with E-state index < -0.39 is 23.7 Å². The van der Waals surface area contributed by atoms with Crippen molar-refractivity contribution in [1.82, 2.24) is 45.5 Å². The van der Waals surface area contributed by atoms with Gasteiger partial charge in [0.2, 0.25) is 17.7 Å². The largest absolute Gasteiger partial charge is 0.416 e. The van der Waals surface area contributed by atoms with E-state index in [1.54, 1.807) is 35.4 Å². The molecule has 0 radical (unpaired) electrons. The highest BCUT2D eigenvalue weighted by atomic mass is 19.4. The summed E-state index contributed by atoms with van der Waals surface area (Å²) in [5.74, 6) is -1.28. The van der Waals surface area contributed by atoms with Gasteiger partial charge in [0.25, 0.3) is 11.8 Å². The van der Waals surface area contributed by atoms with Crippen LogP contribution < -0.4 is 26.6 Å². The van der Waals surface area contributed by atoms with Crippen molar-refractivity contribution in [2.75, 3.05) is 68.3 Å². The summed E-state index contributed by atoms with van der Waals surface area (Å²) < 4.78 is 39.6. The molecular weight excluding hydrogens is 982 g/mol. The van der Waals surface area contributed by atoms with Gasteiger partial charge in [-0.3, -0.25) is 44.2 Å². The number of rotatable bonds is 15. The second-order valence-electron chi connectivity index (χ2n) is 20.5. The Morgan fingerprint density at radius 1 is 0.908 bits per heavy atom. The predicted molar refractivity (Wildman–Crippen MR) is 281 cm³/mol. The van der Waals surface area contributed by atoms with Crippen molar-refractivity contribution in [2.45, 2.75) is 96.2 Å². The number of hydrogen-bond acceptors (Lipinski definition) is 11. The number of imide groups is 1. The van der Waals surface area contributed by atoms with Gasteiger partial charge < -0.3 is 26.2 Å². The van der Waals surface area contributed by atoms with Crippen LogP contribution in [0.1, 0.15) is 114 Å². The van der Waals surface area contributed by atoms with Crippen molar-refractivity contribution in [2.24, 2.45) is 5.41 Å². The average Bonchev–Trinajstić information content (AvgIpc) is 3.87. The first-order valence-corrected chi connectivity index (χ1v) is 26.1. The second-order valence-corrected chi connectivity index (χ2v) is 20.5. The van der Waals surface area contributed by atoms with Crippen molar-refractivity contribution in [3.05, 3.63) is 101 Å². The first-order chi connectivity index (χ1) is 36.5. The van der Waals surface area contributed by atoms with Crippen molar-refractivity contribution in [1.29, 1.82) is 0 Å². The fourth-order valence-electron chi connectivity index (χ4n) is 10.8. The third-order valence-electron chi connectivity index (χ3n) is 15.3. The number of hydrogen-bond donors (Lipinski definition) is 5. The number of pyridine rings is 2. The first-order valence-electron chi connectivity index (χ1n) is 26.1. The number of amides is 7. The molecule has 18 nitrogen and oxygen atoms in total. The highest BCUT2D eigenvalue weighted by molar-refractivity contribution is 6.07. The van der Waals surface area contributed by atoms with Crippen LogP contribution in [0.5, 0.6) is 0 Å². The first kappa shape index (κ1) is 53.2. The van der Waals surface area contributed by atoms with Crippen LogP contribution in [-0.2, 0) is 20.6 Å². The summed E-state index contributed by atoms with van der Waals surface area (Å²) >= 11 is 0. The molecule has 3 aromatic heterocycles. The molecule has 5 aromatic rings. The number of carbonyl (C=O) groups excluding carboxylic acids is 6. The van der Waals surface area contributed by atoms with E-state index in [-0.39, 0.29) is 78.3 Å². The monoisotopic (exact) mass is 1040 g/mol. The number of aryl methyl sites for hydroxylation is 1. The Kier molecular flexibility index (Phi) is 16.1. The molecule has 400 valence electrons. The third-order valence-corrected chi connectivity index (χ3v) is 15.3. The SMILES string of the molecule is Cc1ccc(C(=O)N2CCC3(CCN(CC(=O)N(CCC/C=C/c4cnc(N)c5c(-c6ccc(C(=O)Nc7cc(C(F)(F)F)ccn7)cc6)[nH]nc45)CC(=O)NC4CCCCC4)CC3)CC2)cc1N1CCC(=O)NC1=O. The molecule has 1 aliphatic carbocycles. The lowest BCUT2D eigenvalue weighted by atomic mass is 9.71. The fraction of sp³-hybridized carbons (Fsp3) is 0.436. The number of likely N-dealkylation sites (tertiary alicyclic amines) is 2. The molecule has 1 saturated carbocycles. The van der Waals surface area contributed by atoms with Crippen LogP contribution in [0.4, 0.5) is 35.3 Å². The highest BCUT2D eigenvalue weighted by Gasteiger charge is 2.40. The zero-order valence-corrected chi connectivity index (χ0v) is 42.5. The van der Waals surface area contributed by atoms with E-state index in [0.29, 0.717) is 71.5 Å². The number of nitrogens with zero attached hydrogens (tertiary/aromatic N) is 7. The van der Waals surface area contributed by atoms with E-state index in [0.717, 1.165) is 94.8 Å². The Morgan fingerprint density at radius 2 is 1.63 bits per heavy atom. The number of allylic oxidation sites excluding steroid dienone is 1. The molecule has 76 heavy (non-hydrogen) atoms. The topological polar surface area (TPSA) is 232 Å². The van der Waals surface area contributed by atoms with E-state index in [2.05, 4.69) is 41.0 Å². The van der Waals surface area contributed by atoms with E-state index in [1.807, 2.05) is 30.0 Å². The lowest BCUT2D eigenvalue weighted by Gasteiger charge is -2.47. The fourth-order valence-corrected chi connectivity index (χ4v) is 10.8. The van der Waals surface area contributed by atoms with Crippen LogP contribution in [0.2, 0.25) is 0 Å². The lowest BCUT2D eigenvalue weighted by Crippen LogP contribution is -2.51. The minimum absolute atomic E-state index is 0.0225. The van der Waals surface area contributed by atoms with E-state index in [1.165, 1.54) is 17.0 Å². The molecule has 4 aliphatic rings. The van der Waals surface area contributed by atoms with Gasteiger partial charge in [0.05, 0.1) is 29.7 Å². The minimum atomic E-state index is -4.59. The van der Waals surface area contributed by atoms with Crippen molar-refractivity contribution in [3.63, 3.8) is 0 Å². The zero-order valence-electron chi connectivity index (χ0n) is 42.5. The van der Waals surface area contributed by atoms with Crippen LogP contribution in [0.25, 0.3) is 28.2 Å². The van der Waals surface area contributed by atoms with Crippen molar-refractivity contribution < 1.29 is 41.9 Å². The standard InChI is InChI=1S/C55H63F3N12O6/c1-35-11-12-38(30-42(35)70-25-18-44(71)64-53(70)76)52(75)68-28-21-54(22-29-68)19-26-67(27-20-54)34-46(73)69(33-45(72)62-41-9-5-2-6-10-41)24-7-3-4-8-39-32-61-50(59)47-48(65-66-49(39)47)36-13-15-37(16-14-36)51(74)63-43-31-40(17-23-60-43)55(56,57)58/h4,8,11-17,23,30-32,41H,2-3,5-7,9-10,18-22,24-29,33-34H2,1H3,(H2,59,61)(H,62,72)(H,65,66)(H,60,63,74)(H,64,71,76)/b8-4+. The van der Waals surface area contributed by atoms with Gasteiger partial charge in [-0.25, -0.2) is 14.8 Å². The summed E-state index contributed by atoms with van der Waals surface area (Å²) in [4.78, 5) is 94.1. The van der Waals surface area contributed by atoms with Gasteiger partial charge in [-0.2, -0.15) is 18.3 Å². The molecule has 9 rings (SSSR count). The second kappa shape index (κ2) is 23.1. The van der Waals surface area contributed by atoms with Crippen molar-refractivity contribution in [3.8, 4) is 11.3 Å². The van der Waals surface area contributed by atoms with Gasteiger partial charge >= 0.3 is 12.2 Å². The number of aromatic nitrogens is 4. The quantitative estimate of drug-likeness (QED) is 0.0637. The molecule has 6 heterocycles. The van der Waals surface area contributed by atoms with E-state index >= 15 is 0 Å². The van der Waals surface area contributed by atoms with Gasteiger partial charge in [-0.15, -0.1) is 0 Å². The molecule has 3 saturated heterocycles. The summed E-state index contributed by atoms with van der Waals surface area (Å²) in [7, 11) is 0. The number of alkyl halides is 3. The summed E-state index contributed by atoms with van der Waals surface area (Å²) in [6, 6.07) is 13.0. The molecule has 7 amide bonds. The summed E-state index contributed by atoms with van der Waals surface area (Å²) in [5.41, 5.74) is 10.1. The molecular formula is C55H63F3N12O6. The minimum Gasteiger partial charge on any atom is -0.383 e. The summed E-state index contributed by atoms with van der Waals surface area (Å²) in [5, 5.41) is 16.1. The number of halogens is 3. The number of carbonyl (C=O) groups is 6. The van der Waals surface area contributed by atoms with Crippen LogP contribution in [0, 0.1) is 12.3 Å². The Hall–Kier alpha value is -7.68. The number of nitrogens with one attached hydrogen (secondary N) is 4. The normalized spacial score (nSPS) is 17.5. The molecule has 3 aliphatic heterocycles. The van der Waals surface area contributed by atoms with E-state index in [4.69, 9.17) is 5.73 Å². The molecule has 1 spiro atoms. The number of nitrogens with two attached hydrogens (primary N) is 1. The average molecular weight is 1050 g/mol. The van der Waals surface area contributed by atoms with Crippen molar-refractivity contribution >= 4 is 69.9 Å². The maximum absolute atomic E-state index is 14.1. The molecule has 6 N–H and O–H groups in total. The van der Waals surface area contributed by atoms with Gasteiger partial charge in [0.15, 0.2) is 0 Å². The van der Waals surface area contributed by atoms with Gasteiger partial charge in [0.1, 0.15) is 17.2 Å². The maximum atomic E-state index is 14.1. The van der Waals surface area contributed by atoms with Crippen LogP contribution in [0.15, 0.2) is 73.1 Å². The molecule has 0 atom stereocenters. The van der Waals surface area contributed by atoms with Gasteiger partial charge in [-0.05, 0) is 119 Å². The molecule has 0 bridgehead atoms. The molecule has 21 heteroatoms. The lowest BCUT2D eigenvalue weighted by molar-refractivity contribution is -0.138. The number of fused-ring (bicyclic) bond motifs is 1. The number of aromatic amines is 1. The third kappa shape index (κ3) is 12.5. The Morgan fingerprint density at radius 3 is 2.36 bits per heavy atom. The predicted octanol–water partition coefficient (Wildman–Crippen LogP) is 7.72. The number of nitrogen functional groups attached to an aromatic ring is 1. The molecule has 4 fully saturated rings. The number of anilines is 3. The van der Waals surface area contributed by atoms with Gasteiger partial charge in [-0.1, -0.05) is 49.6 Å². The van der Waals surface area contributed by atoms with Crippen LogP contribution in [0.3, 0.4) is 0 Å². The van der Waals surface area contributed by atoms with E-state index in [9.17, 15) is 41.9 Å². The van der Waals surface area contributed by atoms with Crippen LogP contribution >= 0.6 is 0 Å². The summed E-state index contributed by atoms with van der Waals surface area (Å²) in [6.45, 7) is 5.37. The Labute approximate surface area is 438 Å². The number of piperidine rings is 2. The number of urea groups is 1. The van der Waals surface area contributed by atoms with Crippen LogP contribution in [-0.4, -0.2) is 129 Å². The van der Waals surface area contributed by atoms with Gasteiger partial charge in [0, 0.05) is 79.0 Å². The smallest absolute Gasteiger partial charge is 0.383 e. The number of H-pyrrole nitrogens is 1. The molecule has 2 aromatic carbocycles. The number of unbranched alkanes of at least 4 members (excludes halogenated alkanes) is 1. The molecule has 0 unspecified atom stereocenters. The summed E-state index contributed by atoms with van der Waals surface area (Å²) in [6.07, 6.45) is 11.9.